The number of hydrogen-bond acceptors (Lipinski definition) is 3. The monoisotopic (exact) mass is 324 g/mol. The van der Waals surface area contributed by atoms with Gasteiger partial charge in [-0.25, -0.2) is 4.79 Å². The number of carbonyl (C=O) groups is 1. The quantitative estimate of drug-likeness (QED) is 0.836. The van der Waals surface area contributed by atoms with E-state index >= 15 is 0 Å². The number of ether oxygens (including phenoxy) is 1. The molecule has 0 radical (unpaired) electrons. The molecule has 2 fully saturated rings. The van der Waals surface area contributed by atoms with Crippen LogP contribution in [0.25, 0.3) is 0 Å². The number of hydrogen-bond donors (Lipinski definition) is 1. The summed E-state index contributed by atoms with van der Waals surface area (Å²) < 4.78 is 5.57. The van der Waals surface area contributed by atoms with E-state index in [0.29, 0.717) is 18.1 Å². The lowest BCUT2D eigenvalue weighted by molar-refractivity contribution is 0.0213. The van der Waals surface area contributed by atoms with Crippen LogP contribution in [-0.2, 0) is 4.74 Å². The summed E-state index contributed by atoms with van der Waals surface area (Å²) in [5, 5.41) is 3.82. The average Bonchev–Trinajstić information content (AvgIpc) is 2.87. The molecule has 1 aliphatic carbocycles. The summed E-state index contributed by atoms with van der Waals surface area (Å²) in [6.07, 6.45) is 8.46. The van der Waals surface area contributed by atoms with Crippen LogP contribution in [0.1, 0.15) is 79.6 Å². The summed E-state index contributed by atoms with van der Waals surface area (Å²) in [6.45, 7) is 11.3. The van der Waals surface area contributed by atoms with Crippen LogP contribution in [0.4, 0.5) is 4.79 Å². The molecule has 4 heteroatoms. The van der Waals surface area contributed by atoms with E-state index in [0.717, 1.165) is 31.7 Å². The van der Waals surface area contributed by atoms with Gasteiger partial charge in [0.15, 0.2) is 0 Å². The molecule has 4 unspecified atom stereocenters. The van der Waals surface area contributed by atoms with Crippen LogP contribution in [0.3, 0.4) is 0 Å². The Morgan fingerprint density at radius 2 is 1.91 bits per heavy atom. The minimum atomic E-state index is -0.411. The van der Waals surface area contributed by atoms with Crippen LogP contribution >= 0.6 is 0 Å². The summed E-state index contributed by atoms with van der Waals surface area (Å²) in [6, 6.07) is 1.43. The summed E-state index contributed by atoms with van der Waals surface area (Å²) in [5.41, 5.74) is -0.411. The van der Waals surface area contributed by atoms with Gasteiger partial charge in [-0.2, -0.15) is 0 Å². The molecule has 1 saturated carbocycles. The summed E-state index contributed by atoms with van der Waals surface area (Å²) in [7, 11) is 0. The Morgan fingerprint density at radius 1 is 1.22 bits per heavy atom. The molecule has 4 nitrogen and oxygen atoms in total. The fourth-order valence-electron chi connectivity index (χ4n) is 4.05. The minimum Gasteiger partial charge on any atom is -0.444 e. The number of carbonyl (C=O) groups excluding carboxylic acids is 1. The summed E-state index contributed by atoms with van der Waals surface area (Å²) >= 11 is 0. The van der Waals surface area contributed by atoms with Crippen molar-refractivity contribution in [2.24, 2.45) is 5.92 Å². The average molecular weight is 325 g/mol. The Kier molecular flexibility index (Phi) is 6.35. The number of rotatable bonds is 4. The van der Waals surface area contributed by atoms with Crippen molar-refractivity contribution < 1.29 is 9.53 Å². The van der Waals surface area contributed by atoms with Crippen LogP contribution in [0, 0.1) is 5.92 Å². The molecule has 0 aromatic heterocycles. The third-order valence-corrected chi connectivity index (χ3v) is 5.24. The first-order valence-electron chi connectivity index (χ1n) is 9.52. The van der Waals surface area contributed by atoms with Crippen molar-refractivity contribution >= 4 is 6.09 Å². The highest BCUT2D eigenvalue weighted by Gasteiger charge is 2.33. The molecule has 0 spiro atoms. The third kappa shape index (κ3) is 5.66. The largest absolute Gasteiger partial charge is 0.444 e. The Labute approximate surface area is 142 Å². The number of nitrogens with one attached hydrogen (secondary N) is 1. The van der Waals surface area contributed by atoms with E-state index in [1.54, 1.807) is 0 Å². The van der Waals surface area contributed by atoms with Gasteiger partial charge in [0.2, 0.25) is 0 Å². The molecule has 1 amide bonds. The van der Waals surface area contributed by atoms with Crippen LogP contribution in [0.5, 0.6) is 0 Å². The predicted molar refractivity (Wildman–Crippen MR) is 94.6 cm³/mol. The zero-order chi connectivity index (χ0) is 17.0. The van der Waals surface area contributed by atoms with Crippen molar-refractivity contribution in [3.8, 4) is 0 Å². The highest BCUT2D eigenvalue weighted by molar-refractivity contribution is 5.68. The molecule has 1 N–H and O–H groups in total. The maximum Gasteiger partial charge on any atom is 0.410 e. The molecule has 1 saturated heterocycles. The number of nitrogens with zero attached hydrogens (tertiary/aromatic N) is 1. The topological polar surface area (TPSA) is 41.6 Å². The fourth-order valence-corrected chi connectivity index (χ4v) is 4.05. The molecular formula is C19H36N2O2. The number of amides is 1. The van der Waals surface area contributed by atoms with Crippen LogP contribution in [-0.4, -0.2) is 41.3 Å². The van der Waals surface area contributed by atoms with E-state index in [9.17, 15) is 4.79 Å². The Hall–Kier alpha value is -0.770. The lowest BCUT2D eigenvalue weighted by Crippen LogP contribution is -2.46. The van der Waals surface area contributed by atoms with E-state index in [1.807, 2.05) is 25.7 Å². The van der Waals surface area contributed by atoms with E-state index in [1.165, 1.54) is 25.7 Å². The smallest absolute Gasteiger partial charge is 0.410 e. The van der Waals surface area contributed by atoms with Gasteiger partial charge in [0.1, 0.15) is 5.60 Å². The van der Waals surface area contributed by atoms with Crippen molar-refractivity contribution in [2.45, 2.75) is 103 Å². The van der Waals surface area contributed by atoms with Crippen molar-refractivity contribution in [2.75, 3.05) is 6.54 Å². The first-order chi connectivity index (χ1) is 10.8. The molecule has 2 rings (SSSR count). The van der Waals surface area contributed by atoms with Gasteiger partial charge in [-0.3, -0.25) is 0 Å². The Morgan fingerprint density at radius 3 is 2.57 bits per heavy atom. The fraction of sp³-hybridized carbons (Fsp3) is 0.947. The number of likely N-dealkylation sites (tertiary alicyclic amines) is 1. The van der Waals surface area contributed by atoms with Gasteiger partial charge in [-0.15, -0.1) is 0 Å². The van der Waals surface area contributed by atoms with Crippen molar-refractivity contribution in [1.29, 1.82) is 0 Å². The minimum absolute atomic E-state index is 0.141. The van der Waals surface area contributed by atoms with Gasteiger partial charge >= 0.3 is 6.09 Å². The summed E-state index contributed by atoms with van der Waals surface area (Å²) in [4.78, 5) is 14.3. The predicted octanol–water partition coefficient (Wildman–Crippen LogP) is 4.33. The van der Waals surface area contributed by atoms with Crippen LogP contribution < -0.4 is 5.32 Å². The van der Waals surface area contributed by atoms with Gasteiger partial charge in [-0.1, -0.05) is 19.8 Å². The molecule has 1 heterocycles. The van der Waals surface area contributed by atoms with Crippen molar-refractivity contribution in [3.63, 3.8) is 0 Å². The molecule has 2 aliphatic rings. The van der Waals surface area contributed by atoms with Crippen LogP contribution in [0.15, 0.2) is 0 Å². The van der Waals surface area contributed by atoms with Gasteiger partial charge in [0, 0.05) is 24.7 Å². The molecule has 0 aromatic carbocycles. The van der Waals surface area contributed by atoms with E-state index in [-0.39, 0.29) is 6.09 Å². The van der Waals surface area contributed by atoms with Gasteiger partial charge in [-0.05, 0) is 65.7 Å². The molecule has 4 atom stereocenters. The van der Waals surface area contributed by atoms with E-state index < -0.39 is 5.60 Å². The molecule has 134 valence electrons. The molecular weight excluding hydrogens is 288 g/mol. The van der Waals surface area contributed by atoms with Gasteiger partial charge < -0.3 is 15.0 Å². The highest BCUT2D eigenvalue weighted by Crippen LogP contribution is 2.27. The van der Waals surface area contributed by atoms with Gasteiger partial charge in [0.05, 0.1) is 0 Å². The van der Waals surface area contributed by atoms with Crippen molar-refractivity contribution in [3.05, 3.63) is 0 Å². The second-order valence-electron chi connectivity index (χ2n) is 8.64. The van der Waals surface area contributed by atoms with Crippen LogP contribution in [0.2, 0.25) is 0 Å². The second kappa shape index (κ2) is 7.87. The van der Waals surface area contributed by atoms with Gasteiger partial charge in [0.25, 0.3) is 0 Å². The lowest BCUT2D eigenvalue weighted by atomic mass is 9.85. The zero-order valence-electron chi connectivity index (χ0n) is 15.7. The maximum absolute atomic E-state index is 12.4. The van der Waals surface area contributed by atoms with Crippen molar-refractivity contribution in [1.82, 2.24) is 10.2 Å². The Balaban J connectivity index is 1.84. The standard InChI is InChI=1S/C19H36N2O2/c1-14-9-6-7-11-17(14)20-15(2)13-16-10-8-12-21(16)18(22)23-19(3,4)5/h14-17,20H,6-13H2,1-5H3. The Bertz CT molecular complexity index is 391. The normalized spacial score (nSPS) is 30.3. The lowest BCUT2D eigenvalue weighted by Gasteiger charge is -2.34. The summed E-state index contributed by atoms with van der Waals surface area (Å²) in [5.74, 6) is 0.775. The SMILES string of the molecule is CC(CC1CCCN1C(=O)OC(C)(C)C)NC1CCCCC1C. The van der Waals surface area contributed by atoms with E-state index in [2.05, 4.69) is 19.2 Å². The first kappa shape index (κ1) is 18.6. The zero-order valence-corrected chi connectivity index (χ0v) is 15.7. The molecule has 0 aromatic rings. The highest BCUT2D eigenvalue weighted by atomic mass is 16.6. The molecule has 23 heavy (non-hydrogen) atoms. The molecule has 1 aliphatic heterocycles. The molecule has 0 bridgehead atoms. The second-order valence-corrected chi connectivity index (χ2v) is 8.64. The van der Waals surface area contributed by atoms with E-state index in [4.69, 9.17) is 4.74 Å². The first-order valence-corrected chi connectivity index (χ1v) is 9.52. The third-order valence-electron chi connectivity index (χ3n) is 5.24. The maximum atomic E-state index is 12.4.